The van der Waals surface area contributed by atoms with Crippen LogP contribution in [0, 0.1) is 0 Å². The molecule has 0 bridgehead atoms. The molecule has 1 aromatic rings. The van der Waals surface area contributed by atoms with Gasteiger partial charge in [-0.3, -0.25) is 14.5 Å². The molecule has 0 aliphatic heterocycles. The third kappa shape index (κ3) is 6.87. The van der Waals surface area contributed by atoms with E-state index in [9.17, 15) is 9.59 Å². The van der Waals surface area contributed by atoms with E-state index >= 15 is 0 Å². The van der Waals surface area contributed by atoms with Gasteiger partial charge in [-0.15, -0.1) is 0 Å². The number of nitrogens with two attached hydrogens (primary N) is 1. The van der Waals surface area contributed by atoms with Crippen LogP contribution in [0.2, 0.25) is 0 Å². The second kappa shape index (κ2) is 9.10. The molecule has 0 aliphatic carbocycles. The van der Waals surface area contributed by atoms with E-state index in [1.165, 1.54) is 0 Å². The molecule has 0 atom stereocenters. The number of rotatable bonds is 8. The fraction of sp³-hybridized carbons (Fsp3) is 0.467. The Bertz CT molecular complexity index is 476. The number of nitrogens with zero attached hydrogens (tertiary/aromatic N) is 1. The Kier molecular flexibility index (Phi) is 7.42. The lowest BCUT2D eigenvalue weighted by Crippen LogP contribution is -2.39. The van der Waals surface area contributed by atoms with Crippen LogP contribution in [0.1, 0.15) is 18.9 Å². The fourth-order valence-electron chi connectivity index (χ4n) is 1.84. The molecule has 4 N–H and O–H groups in total. The highest BCUT2D eigenvalue weighted by Gasteiger charge is 2.10. The van der Waals surface area contributed by atoms with Crippen LogP contribution in [0.3, 0.4) is 0 Å². The van der Waals surface area contributed by atoms with E-state index < -0.39 is 0 Å². The lowest BCUT2D eigenvalue weighted by molar-refractivity contribution is -0.122. The van der Waals surface area contributed by atoms with Gasteiger partial charge in [-0.25, -0.2) is 0 Å². The van der Waals surface area contributed by atoms with Crippen molar-refractivity contribution in [2.45, 2.75) is 19.9 Å². The summed E-state index contributed by atoms with van der Waals surface area (Å²) in [4.78, 5) is 25.1. The number of carbonyl (C=O) groups excluding carboxylic acids is 2. The van der Waals surface area contributed by atoms with Crippen molar-refractivity contribution in [3.63, 3.8) is 0 Å². The highest BCUT2D eigenvalue weighted by atomic mass is 16.2. The fourth-order valence-corrected chi connectivity index (χ4v) is 1.84. The van der Waals surface area contributed by atoms with Crippen LogP contribution in [0.5, 0.6) is 0 Å². The highest BCUT2D eigenvalue weighted by molar-refractivity contribution is 5.92. The quantitative estimate of drug-likeness (QED) is 0.652. The molecule has 0 radical (unpaired) electrons. The molecule has 116 valence electrons. The summed E-state index contributed by atoms with van der Waals surface area (Å²) in [6, 6.07) is 7.40. The van der Waals surface area contributed by atoms with E-state index in [4.69, 9.17) is 5.73 Å². The molecule has 6 nitrogen and oxygen atoms in total. The molecule has 0 aromatic heterocycles. The molecule has 1 rings (SSSR count). The van der Waals surface area contributed by atoms with E-state index in [2.05, 4.69) is 10.6 Å². The standard InChI is InChI=1S/C15H24N4O2/c1-3-7-17-14(20)10-19(2)11-15(21)18-13-6-4-5-12(8-13)9-16/h4-6,8H,3,7,9-11,16H2,1-2H3,(H,17,20)(H,18,21). The van der Waals surface area contributed by atoms with Crippen LogP contribution >= 0.6 is 0 Å². The van der Waals surface area contributed by atoms with Crippen LogP contribution in [-0.4, -0.2) is 43.4 Å². The minimum absolute atomic E-state index is 0.0720. The topological polar surface area (TPSA) is 87.5 Å². The normalized spacial score (nSPS) is 10.5. The molecule has 0 unspecified atom stereocenters. The van der Waals surface area contributed by atoms with E-state index in [1.54, 1.807) is 11.9 Å². The van der Waals surface area contributed by atoms with Gasteiger partial charge in [0.05, 0.1) is 13.1 Å². The third-order valence-electron chi connectivity index (χ3n) is 2.85. The van der Waals surface area contributed by atoms with Crippen LogP contribution < -0.4 is 16.4 Å². The summed E-state index contributed by atoms with van der Waals surface area (Å²) < 4.78 is 0. The zero-order chi connectivity index (χ0) is 15.7. The summed E-state index contributed by atoms with van der Waals surface area (Å²) in [5.41, 5.74) is 7.23. The lowest BCUT2D eigenvalue weighted by atomic mass is 10.2. The van der Waals surface area contributed by atoms with Gasteiger partial charge in [0.25, 0.3) is 0 Å². The SMILES string of the molecule is CCCNC(=O)CN(C)CC(=O)Nc1cccc(CN)c1. The number of carbonyl (C=O) groups is 2. The molecule has 0 fully saturated rings. The lowest BCUT2D eigenvalue weighted by Gasteiger charge is -2.16. The van der Waals surface area contributed by atoms with Crippen LogP contribution in [-0.2, 0) is 16.1 Å². The van der Waals surface area contributed by atoms with Crippen LogP contribution in [0.25, 0.3) is 0 Å². The molecule has 0 aliphatic rings. The Morgan fingerprint density at radius 2 is 1.95 bits per heavy atom. The first-order valence-electron chi connectivity index (χ1n) is 7.09. The average molecular weight is 292 g/mol. The van der Waals surface area contributed by atoms with Crippen molar-refractivity contribution in [3.8, 4) is 0 Å². The molecule has 21 heavy (non-hydrogen) atoms. The maximum atomic E-state index is 11.9. The number of hydrogen-bond acceptors (Lipinski definition) is 4. The summed E-state index contributed by atoms with van der Waals surface area (Å²) in [7, 11) is 1.74. The van der Waals surface area contributed by atoms with E-state index in [0.717, 1.165) is 12.0 Å². The Morgan fingerprint density at radius 1 is 1.24 bits per heavy atom. The molecule has 0 heterocycles. The minimum atomic E-state index is -0.157. The summed E-state index contributed by atoms with van der Waals surface area (Å²) in [5.74, 6) is -0.229. The largest absolute Gasteiger partial charge is 0.355 e. The van der Waals surface area contributed by atoms with Gasteiger partial charge in [-0.05, 0) is 31.2 Å². The van der Waals surface area contributed by atoms with E-state index in [1.807, 2.05) is 31.2 Å². The zero-order valence-electron chi connectivity index (χ0n) is 12.7. The number of anilines is 1. The van der Waals surface area contributed by atoms with Gasteiger partial charge in [-0.2, -0.15) is 0 Å². The Labute approximate surface area is 125 Å². The van der Waals surface area contributed by atoms with Crippen molar-refractivity contribution < 1.29 is 9.59 Å². The second-order valence-electron chi connectivity index (χ2n) is 4.97. The Hall–Kier alpha value is -1.92. The molecular weight excluding hydrogens is 268 g/mol. The summed E-state index contributed by atoms with van der Waals surface area (Å²) >= 11 is 0. The summed E-state index contributed by atoms with van der Waals surface area (Å²) in [6.07, 6.45) is 0.896. The van der Waals surface area contributed by atoms with Crippen molar-refractivity contribution in [1.82, 2.24) is 10.2 Å². The monoisotopic (exact) mass is 292 g/mol. The van der Waals surface area contributed by atoms with E-state index in [-0.39, 0.29) is 24.9 Å². The number of hydrogen-bond donors (Lipinski definition) is 3. The molecule has 1 aromatic carbocycles. The second-order valence-corrected chi connectivity index (χ2v) is 4.97. The van der Waals surface area contributed by atoms with Crippen molar-refractivity contribution in [1.29, 1.82) is 0 Å². The maximum Gasteiger partial charge on any atom is 0.238 e. The Morgan fingerprint density at radius 3 is 2.62 bits per heavy atom. The number of nitrogens with one attached hydrogen (secondary N) is 2. The molecule has 6 heteroatoms. The van der Waals surface area contributed by atoms with Crippen molar-refractivity contribution in [2.24, 2.45) is 5.73 Å². The molecular formula is C15H24N4O2. The van der Waals surface area contributed by atoms with Gasteiger partial charge < -0.3 is 16.4 Å². The molecule has 0 spiro atoms. The van der Waals surface area contributed by atoms with Crippen LogP contribution in [0.4, 0.5) is 5.69 Å². The van der Waals surface area contributed by atoms with Gasteiger partial charge in [0, 0.05) is 18.8 Å². The van der Waals surface area contributed by atoms with Gasteiger partial charge >= 0.3 is 0 Å². The predicted octanol–water partition coefficient (Wildman–Crippen LogP) is 0.542. The first-order valence-corrected chi connectivity index (χ1v) is 7.09. The first kappa shape index (κ1) is 17.1. The van der Waals surface area contributed by atoms with Crippen LogP contribution in [0.15, 0.2) is 24.3 Å². The maximum absolute atomic E-state index is 11.9. The Balaban J connectivity index is 2.40. The minimum Gasteiger partial charge on any atom is -0.355 e. The average Bonchev–Trinajstić information content (AvgIpc) is 2.44. The highest BCUT2D eigenvalue weighted by Crippen LogP contribution is 2.09. The third-order valence-corrected chi connectivity index (χ3v) is 2.85. The first-order chi connectivity index (χ1) is 10.0. The number of benzene rings is 1. The van der Waals surface area contributed by atoms with Crippen molar-refractivity contribution in [3.05, 3.63) is 29.8 Å². The van der Waals surface area contributed by atoms with Gasteiger partial charge in [0.1, 0.15) is 0 Å². The van der Waals surface area contributed by atoms with Gasteiger partial charge in [0.2, 0.25) is 11.8 Å². The molecule has 2 amide bonds. The van der Waals surface area contributed by atoms with E-state index in [0.29, 0.717) is 18.8 Å². The number of likely N-dealkylation sites (N-methyl/N-ethyl adjacent to an activating group) is 1. The molecule has 0 saturated carbocycles. The molecule has 0 saturated heterocycles. The zero-order valence-corrected chi connectivity index (χ0v) is 12.7. The van der Waals surface area contributed by atoms with Gasteiger partial charge in [-0.1, -0.05) is 19.1 Å². The van der Waals surface area contributed by atoms with Crippen molar-refractivity contribution in [2.75, 3.05) is 32.0 Å². The number of amides is 2. The predicted molar refractivity (Wildman–Crippen MR) is 83.8 cm³/mol. The van der Waals surface area contributed by atoms with Gasteiger partial charge in [0.15, 0.2) is 0 Å². The smallest absolute Gasteiger partial charge is 0.238 e. The summed E-state index contributed by atoms with van der Waals surface area (Å²) in [6.45, 7) is 3.45. The van der Waals surface area contributed by atoms with Crippen molar-refractivity contribution >= 4 is 17.5 Å². The summed E-state index contributed by atoms with van der Waals surface area (Å²) in [5, 5.41) is 5.57.